The summed E-state index contributed by atoms with van der Waals surface area (Å²) in [5, 5.41) is 12.8. The van der Waals surface area contributed by atoms with Crippen LogP contribution >= 0.6 is 11.6 Å². The Kier molecular flexibility index (Phi) is 5.08. The van der Waals surface area contributed by atoms with Gasteiger partial charge in [0.25, 0.3) is 0 Å². The maximum Gasteiger partial charge on any atom is 0.223 e. The van der Waals surface area contributed by atoms with Crippen LogP contribution in [0.4, 0.5) is 5.69 Å². The maximum atomic E-state index is 12.0. The Bertz CT molecular complexity index is 557. The summed E-state index contributed by atoms with van der Waals surface area (Å²) in [7, 11) is 0. The highest BCUT2D eigenvalue weighted by Gasteiger charge is 2.26. The van der Waals surface area contributed by atoms with Crippen LogP contribution in [-0.2, 0) is 4.79 Å². The van der Waals surface area contributed by atoms with E-state index in [1.165, 1.54) is 0 Å². The number of carbonyl (C=O) groups excluding carboxylic acids is 1. The second kappa shape index (κ2) is 6.82. The summed E-state index contributed by atoms with van der Waals surface area (Å²) in [5.41, 5.74) is 1.50. The first-order valence-corrected chi connectivity index (χ1v) is 7.64. The van der Waals surface area contributed by atoms with Crippen molar-refractivity contribution in [3.63, 3.8) is 0 Å². The first-order chi connectivity index (χ1) is 10.0. The Morgan fingerprint density at radius 3 is 2.67 bits per heavy atom. The third kappa shape index (κ3) is 3.89. The van der Waals surface area contributed by atoms with Crippen LogP contribution in [0.25, 0.3) is 0 Å². The van der Waals surface area contributed by atoms with Crippen molar-refractivity contribution in [1.29, 1.82) is 5.26 Å². The smallest absolute Gasteiger partial charge is 0.223 e. The highest BCUT2D eigenvalue weighted by atomic mass is 35.5. The maximum absolute atomic E-state index is 12.0. The Morgan fingerprint density at radius 2 is 2.10 bits per heavy atom. The van der Waals surface area contributed by atoms with Gasteiger partial charge in [-0.1, -0.05) is 11.6 Å². The number of hydrogen-bond acceptors (Lipinski definition) is 3. The van der Waals surface area contributed by atoms with Crippen LogP contribution in [0.1, 0.15) is 32.3 Å². The highest BCUT2D eigenvalue weighted by Crippen LogP contribution is 2.28. The van der Waals surface area contributed by atoms with E-state index in [-0.39, 0.29) is 17.9 Å². The molecular formula is C16H20ClN3O. The van der Waals surface area contributed by atoms with Crippen molar-refractivity contribution in [2.24, 2.45) is 5.92 Å². The predicted molar refractivity (Wildman–Crippen MR) is 84.4 cm³/mol. The molecule has 21 heavy (non-hydrogen) atoms. The number of hydrogen-bond donors (Lipinski definition) is 1. The number of amides is 1. The van der Waals surface area contributed by atoms with Crippen LogP contribution in [-0.4, -0.2) is 25.0 Å². The van der Waals surface area contributed by atoms with Gasteiger partial charge in [-0.3, -0.25) is 4.79 Å². The zero-order valence-corrected chi connectivity index (χ0v) is 13.2. The van der Waals surface area contributed by atoms with E-state index in [2.05, 4.69) is 16.3 Å². The summed E-state index contributed by atoms with van der Waals surface area (Å²) in [6, 6.07) is 7.74. The fraction of sp³-hybridized carbons (Fsp3) is 0.500. The number of halogens is 1. The second-order valence-corrected chi connectivity index (χ2v) is 6.13. The molecule has 1 aliphatic heterocycles. The molecule has 1 aliphatic rings. The lowest BCUT2D eigenvalue weighted by molar-refractivity contribution is -0.126. The number of nitrogens with zero attached hydrogens (tertiary/aromatic N) is 2. The Morgan fingerprint density at radius 1 is 1.43 bits per heavy atom. The summed E-state index contributed by atoms with van der Waals surface area (Å²) >= 11 is 5.93. The van der Waals surface area contributed by atoms with Crippen molar-refractivity contribution in [1.82, 2.24) is 5.32 Å². The van der Waals surface area contributed by atoms with E-state index in [0.717, 1.165) is 31.6 Å². The summed E-state index contributed by atoms with van der Waals surface area (Å²) in [6.07, 6.45) is 1.62. The second-order valence-electron chi connectivity index (χ2n) is 5.70. The Labute approximate surface area is 130 Å². The minimum absolute atomic E-state index is 0.0708. The molecule has 5 heteroatoms. The van der Waals surface area contributed by atoms with Gasteiger partial charge in [-0.15, -0.1) is 0 Å². The molecule has 1 N–H and O–H groups in total. The van der Waals surface area contributed by atoms with Gasteiger partial charge in [0, 0.05) is 30.1 Å². The molecule has 4 nitrogen and oxygen atoms in total. The number of anilines is 1. The van der Waals surface area contributed by atoms with Crippen molar-refractivity contribution < 1.29 is 4.79 Å². The van der Waals surface area contributed by atoms with Gasteiger partial charge in [0.15, 0.2) is 0 Å². The monoisotopic (exact) mass is 305 g/mol. The van der Waals surface area contributed by atoms with Gasteiger partial charge in [0.1, 0.15) is 6.07 Å². The number of piperidine rings is 1. The standard InChI is InChI=1S/C16H20ClN3O/c1-11(2)19-16(21)12-5-7-20(8-6-12)15-4-3-14(17)9-13(15)10-18/h3-4,9,11-12H,5-8H2,1-2H3,(H,19,21). The third-order valence-electron chi connectivity index (χ3n) is 3.72. The van der Waals surface area contributed by atoms with Crippen LogP contribution in [0.5, 0.6) is 0 Å². The number of rotatable bonds is 3. The molecule has 0 aliphatic carbocycles. The fourth-order valence-corrected chi connectivity index (χ4v) is 2.83. The molecule has 1 aromatic rings. The molecule has 0 radical (unpaired) electrons. The van der Waals surface area contributed by atoms with Crippen LogP contribution in [0.15, 0.2) is 18.2 Å². The molecule has 1 fully saturated rings. The van der Waals surface area contributed by atoms with E-state index in [0.29, 0.717) is 10.6 Å². The molecule has 1 amide bonds. The summed E-state index contributed by atoms with van der Waals surface area (Å²) in [4.78, 5) is 14.2. The number of benzene rings is 1. The molecule has 0 saturated carbocycles. The first kappa shape index (κ1) is 15.7. The van der Waals surface area contributed by atoms with Gasteiger partial charge in [-0.05, 0) is 44.9 Å². The van der Waals surface area contributed by atoms with Gasteiger partial charge in [0.2, 0.25) is 5.91 Å². The summed E-state index contributed by atoms with van der Waals surface area (Å²) in [5.74, 6) is 0.211. The van der Waals surface area contributed by atoms with Crippen LogP contribution < -0.4 is 10.2 Å². The summed E-state index contributed by atoms with van der Waals surface area (Å²) < 4.78 is 0. The molecule has 1 aromatic carbocycles. The molecule has 0 unspecified atom stereocenters. The molecule has 1 heterocycles. The van der Waals surface area contributed by atoms with Crippen molar-refractivity contribution in [3.8, 4) is 6.07 Å². The van der Waals surface area contributed by atoms with Gasteiger partial charge in [0.05, 0.1) is 11.3 Å². The van der Waals surface area contributed by atoms with E-state index >= 15 is 0 Å². The van der Waals surface area contributed by atoms with Gasteiger partial charge >= 0.3 is 0 Å². The SMILES string of the molecule is CC(C)NC(=O)C1CCN(c2ccc(Cl)cc2C#N)CC1. The quantitative estimate of drug-likeness (QED) is 0.934. The molecule has 0 spiro atoms. The van der Waals surface area contributed by atoms with Gasteiger partial charge < -0.3 is 10.2 Å². The van der Waals surface area contributed by atoms with Crippen LogP contribution in [0, 0.1) is 17.2 Å². The Balaban J connectivity index is 2.02. The number of nitriles is 1. The topological polar surface area (TPSA) is 56.1 Å². The average molecular weight is 306 g/mol. The van der Waals surface area contributed by atoms with E-state index < -0.39 is 0 Å². The predicted octanol–water partition coefficient (Wildman–Crippen LogP) is 2.95. The van der Waals surface area contributed by atoms with E-state index in [9.17, 15) is 10.1 Å². The molecule has 112 valence electrons. The lowest BCUT2D eigenvalue weighted by atomic mass is 9.95. The molecule has 2 rings (SSSR count). The van der Waals surface area contributed by atoms with Crippen molar-refractivity contribution in [2.75, 3.05) is 18.0 Å². The summed E-state index contributed by atoms with van der Waals surface area (Å²) in [6.45, 7) is 5.51. The molecule has 0 bridgehead atoms. The van der Waals surface area contributed by atoms with Crippen molar-refractivity contribution >= 4 is 23.2 Å². The lowest BCUT2D eigenvalue weighted by Gasteiger charge is -2.33. The largest absolute Gasteiger partial charge is 0.370 e. The first-order valence-electron chi connectivity index (χ1n) is 7.26. The zero-order chi connectivity index (χ0) is 15.4. The molecule has 0 aromatic heterocycles. The number of carbonyl (C=O) groups is 1. The van der Waals surface area contributed by atoms with Gasteiger partial charge in [-0.25, -0.2) is 0 Å². The van der Waals surface area contributed by atoms with E-state index in [1.54, 1.807) is 12.1 Å². The fourth-order valence-electron chi connectivity index (χ4n) is 2.66. The number of nitrogens with one attached hydrogen (secondary N) is 1. The van der Waals surface area contributed by atoms with E-state index in [4.69, 9.17) is 11.6 Å². The van der Waals surface area contributed by atoms with Crippen LogP contribution in [0.3, 0.4) is 0 Å². The minimum atomic E-state index is 0.0708. The molecule has 0 atom stereocenters. The van der Waals surface area contributed by atoms with Crippen molar-refractivity contribution in [3.05, 3.63) is 28.8 Å². The van der Waals surface area contributed by atoms with Crippen molar-refractivity contribution in [2.45, 2.75) is 32.7 Å². The van der Waals surface area contributed by atoms with Gasteiger partial charge in [-0.2, -0.15) is 5.26 Å². The third-order valence-corrected chi connectivity index (χ3v) is 3.95. The Hall–Kier alpha value is -1.73. The van der Waals surface area contributed by atoms with Crippen LogP contribution in [0.2, 0.25) is 5.02 Å². The normalized spacial score (nSPS) is 15.9. The average Bonchev–Trinajstić information content (AvgIpc) is 2.46. The highest BCUT2D eigenvalue weighted by molar-refractivity contribution is 6.30. The minimum Gasteiger partial charge on any atom is -0.370 e. The lowest BCUT2D eigenvalue weighted by Crippen LogP contribution is -2.42. The molecule has 1 saturated heterocycles. The zero-order valence-electron chi connectivity index (χ0n) is 12.4. The van der Waals surface area contributed by atoms with E-state index in [1.807, 2.05) is 19.9 Å². The molecular weight excluding hydrogens is 286 g/mol.